The number of rotatable bonds is 7. The van der Waals surface area contributed by atoms with Crippen LogP contribution in [-0.2, 0) is 19.9 Å². The first kappa shape index (κ1) is 18.6. The molecule has 0 saturated carbocycles. The lowest BCUT2D eigenvalue weighted by Gasteiger charge is -2.23. The van der Waals surface area contributed by atoms with Gasteiger partial charge >= 0.3 is 0 Å². The molecule has 0 atom stereocenters. The van der Waals surface area contributed by atoms with Gasteiger partial charge in [0, 0.05) is 32.4 Å². The van der Waals surface area contributed by atoms with Gasteiger partial charge in [-0.25, -0.2) is 0 Å². The zero-order valence-corrected chi connectivity index (χ0v) is 15.9. The third-order valence-electron chi connectivity index (χ3n) is 5.22. The number of aromatic nitrogens is 2. The number of hydrogen-bond donors (Lipinski definition) is 1. The predicted octanol–water partition coefficient (Wildman–Crippen LogP) is 2.67. The molecule has 5 nitrogen and oxygen atoms in total. The Labute approximate surface area is 156 Å². The van der Waals surface area contributed by atoms with Crippen LogP contribution >= 0.6 is 0 Å². The van der Waals surface area contributed by atoms with Crippen molar-refractivity contribution in [1.29, 1.82) is 0 Å². The molecule has 2 aromatic rings. The summed E-state index contributed by atoms with van der Waals surface area (Å²) in [5.41, 5.74) is 3.31. The molecule has 1 aliphatic heterocycles. The maximum absolute atomic E-state index is 12.7. The minimum Gasteiger partial charge on any atom is -0.342 e. The second-order valence-electron chi connectivity index (χ2n) is 7.45. The molecule has 5 heteroatoms. The van der Waals surface area contributed by atoms with E-state index in [2.05, 4.69) is 22.5 Å². The van der Waals surface area contributed by atoms with Crippen molar-refractivity contribution < 1.29 is 4.79 Å². The molecule has 0 unspecified atom stereocenters. The van der Waals surface area contributed by atoms with Gasteiger partial charge in [-0.05, 0) is 74.4 Å². The Morgan fingerprint density at radius 3 is 2.85 bits per heavy atom. The Morgan fingerprint density at radius 1 is 1.31 bits per heavy atom. The number of aryl methyl sites for hydroxylation is 2. The van der Waals surface area contributed by atoms with Crippen molar-refractivity contribution in [2.24, 2.45) is 13.0 Å². The Balaban J connectivity index is 1.51. The third kappa shape index (κ3) is 5.18. The van der Waals surface area contributed by atoms with Crippen LogP contribution in [0.5, 0.6) is 0 Å². The summed E-state index contributed by atoms with van der Waals surface area (Å²) in [6, 6.07) is 8.20. The zero-order valence-electron chi connectivity index (χ0n) is 15.9. The van der Waals surface area contributed by atoms with Gasteiger partial charge in [0.25, 0.3) is 5.91 Å². The molecule has 3 rings (SSSR count). The van der Waals surface area contributed by atoms with Gasteiger partial charge in [0.15, 0.2) is 0 Å². The van der Waals surface area contributed by atoms with Crippen molar-refractivity contribution in [3.63, 3.8) is 0 Å². The van der Waals surface area contributed by atoms with E-state index in [0.717, 1.165) is 50.4 Å². The van der Waals surface area contributed by atoms with Gasteiger partial charge in [-0.1, -0.05) is 12.1 Å². The van der Waals surface area contributed by atoms with Gasteiger partial charge in [0.05, 0.1) is 6.20 Å². The van der Waals surface area contributed by atoms with E-state index in [9.17, 15) is 4.79 Å². The van der Waals surface area contributed by atoms with E-state index in [1.807, 2.05) is 48.2 Å². The lowest BCUT2D eigenvalue weighted by molar-refractivity contribution is 0.0793. The number of carbonyl (C=O) groups is 1. The van der Waals surface area contributed by atoms with E-state index < -0.39 is 0 Å². The molecule has 0 spiro atoms. The van der Waals surface area contributed by atoms with Crippen molar-refractivity contribution in [3.05, 3.63) is 53.3 Å². The highest BCUT2D eigenvalue weighted by atomic mass is 16.2. The van der Waals surface area contributed by atoms with Crippen LogP contribution in [0.1, 0.15) is 40.7 Å². The van der Waals surface area contributed by atoms with Gasteiger partial charge in [-0.15, -0.1) is 0 Å². The maximum atomic E-state index is 12.7. The van der Waals surface area contributed by atoms with E-state index in [4.69, 9.17) is 0 Å². The number of amides is 1. The van der Waals surface area contributed by atoms with Gasteiger partial charge in [0.1, 0.15) is 0 Å². The number of hydrogen-bond acceptors (Lipinski definition) is 3. The highest BCUT2D eigenvalue weighted by Crippen LogP contribution is 2.19. The van der Waals surface area contributed by atoms with Crippen molar-refractivity contribution in [1.82, 2.24) is 20.0 Å². The average molecular weight is 354 g/mol. The lowest BCUT2D eigenvalue weighted by Crippen LogP contribution is -2.29. The van der Waals surface area contributed by atoms with E-state index >= 15 is 0 Å². The molecule has 0 bridgehead atoms. The second-order valence-corrected chi connectivity index (χ2v) is 7.45. The Morgan fingerprint density at radius 2 is 2.12 bits per heavy atom. The van der Waals surface area contributed by atoms with Gasteiger partial charge in [0.2, 0.25) is 0 Å². The minimum atomic E-state index is 0.114. The summed E-state index contributed by atoms with van der Waals surface area (Å²) in [5, 5.41) is 7.60. The topological polar surface area (TPSA) is 50.2 Å². The zero-order chi connectivity index (χ0) is 18.4. The van der Waals surface area contributed by atoms with Crippen LogP contribution in [0.2, 0.25) is 0 Å². The molecule has 1 saturated heterocycles. The fourth-order valence-corrected chi connectivity index (χ4v) is 3.69. The van der Waals surface area contributed by atoms with E-state index in [1.54, 1.807) is 0 Å². The quantitative estimate of drug-likeness (QED) is 0.832. The predicted molar refractivity (Wildman–Crippen MR) is 104 cm³/mol. The van der Waals surface area contributed by atoms with Crippen molar-refractivity contribution in [2.75, 3.05) is 26.7 Å². The first-order valence-corrected chi connectivity index (χ1v) is 9.64. The van der Waals surface area contributed by atoms with Crippen LogP contribution in [0.25, 0.3) is 0 Å². The highest BCUT2D eigenvalue weighted by Gasteiger charge is 2.16. The number of nitrogens with zero attached hydrogens (tertiary/aromatic N) is 3. The van der Waals surface area contributed by atoms with Crippen LogP contribution in [0.4, 0.5) is 0 Å². The maximum Gasteiger partial charge on any atom is 0.253 e. The number of carbonyl (C=O) groups excluding carboxylic acids is 1. The largest absolute Gasteiger partial charge is 0.342 e. The molecule has 1 aromatic heterocycles. The minimum absolute atomic E-state index is 0.114. The molecular formula is C21H30N4O. The summed E-state index contributed by atoms with van der Waals surface area (Å²) in [7, 11) is 3.82. The molecule has 1 N–H and O–H groups in total. The Hall–Kier alpha value is -2.14. The number of benzene rings is 1. The number of nitrogens with one attached hydrogen (secondary N) is 1. The van der Waals surface area contributed by atoms with Gasteiger partial charge < -0.3 is 10.2 Å². The Kier molecular flexibility index (Phi) is 6.45. The number of piperidine rings is 1. The molecule has 0 aliphatic carbocycles. The molecule has 2 heterocycles. The first-order valence-electron chi connectivity index (χ1n) is 9.64. The first-order chi connectivity index (χ1) is 12.6. The summed E-state index contributed by atoms with van der Waals surface area (Å²) in [4.78, 5) is 14.6. The van der Waals surface area contributed by atoms with Gasteiger partial charge in [-0.3, -0.25) is 9.48 Å². The fourth-order valence-electron chi connectivity index (χ4n) is 3.69. The smallest absolute Gasteiger partial charge is 0.253 e. The standard InChI is InChI=1S/C21H30N4O/c1-24(12-4-6-19-15-23-25(2)16-19)21(26)20-7-3-5-18(14-20)13-17-8-10-22-11-9-17/h3,5,7,14-17,22H,4,6,8-13H2,1-2H3. The summed E-state index contributed by atoms with van der Waals surface area (Å²) >= 11 is 0. The molecule has 140 valence electrons. The normalized spacial score (nSPS) is 15.2. The van der Waals surface area contributed by atoms with Gasteiger partial charge in [-0.2, -0.15) is 5.10 Å². The second kappa shape index (κ2) is 8.99. The third-order valence-corrected chi connectivity index (χ3v) is 5.22. The summed E-state index contributed by atoms with van der Waals surface area (Å²) in [5.74, 6) is 0.849. The molecular weight excluding hydrogens is 324 g/mol. The molecule has 26 heavy (non-hydrogen) atoms. The van der Waals surface area contributed by atoms with Crippen molar-refractivity contribution in [2.45, 2.75) is 32.1 Å². The van der Waals surface area contributed by atoms with Crippen molar-refractivity contribution >= 4 is 5.91 Å². The summed E-state index contributed by atoms with van der Waals surface area (Å²) in [6.07, 6.45) is 9.36. The lowest BCUT2D eigenvalue weighted by atomic mass is 9.90. The monoisotopic (exact) mass is 354 g/mol. The molecule has 1 aromatic carbocycles. The van der Waals surface area contributed by atoms with E-state index in [0.29, 0.717) is 0 Å². The highest BCUT2D eigenvalue weighted by molar-refractivity contribution is 5.94. The fraction of sp³-hybridized carbons (Fsp3) is 0.524. The van der Waals surface area contributed by atoms with E-state index in [-0.39, 0.29) is 5.91 Å². The molecule has 1 aliphatic rings. The Bertz CT molecular complexity index is 718. The SMILES string of the molecule is CN(CCCc1cnn(C)c1)C(=O)c1cccc(CC2CCNCC2)c1. The van der Waals surface area contributed by atoms with Crippen LogP contribution < -0.4 is 5.32 Å². The van der Waals surface area contributed by atoms with E-state index in [1.165, 1.54) is 24.0 Å². The van der Waals surface area contributed by atoms with Crippen LogP contribution in [0, 0.1) is 5.92 Å². The van der Waals surface area contributed by atoms with Crippen molar-refractivity contribution in [3.8, 4) is 0 Å². The summed E-state index contributed by atoms with van der Waals surface area (Å²) < 4.78 is 1.82. The van der Waals surface area contributed by atoms with Crippen LogP contribution in [0.15, 0.2) is 36.7 Å². The molecule has 1 amide bonds. The summed E-state index contributed by atoms with van der Waals surface area (Å²) in [6.45, 7) is 2.98. The van der Waals surface area contributed by atoms with Crippen LogP contribution in [-0.4, -0.2) is 47.3 Å². The molecule has 0 radical (unpaired) electrons. The average Bonchev–Trinajstić information content (AvgIpc) is 3.07. The molecule has 1 fully saturated rings. The van der Waals surface area contributed by atoms with Crippen LogP contribution in [0.3, 0.4) is 0 Å².